The first-order valence-corrected chi connectivity index (χ1v) is 12.5. The van der Waals surface area contributed by atoms with Crippen LogP contribution in [0.2, 0.25) is 5.02 Å². The number of carbonyl (C=O) groups excluding carboxylic acids is 2. The Hall–Kier alpha value is -4.07. The van der Waals surface area contributed by atoms with Crippen LogP contribution in [0.1, 0.15) is 42.1 Å². The molecule has 0 spiro atoms. The fraction of sp³-hybridized carbons (Fsp3) is 0.192. The molecule has 1 aliphatic rings. The molecule has 2 amide bonds. The first kappa shape index (κ1) is 24.6. The molecule has 0 bridgehead atoms. The van der Waals surface area contributed by atoms with Crippen molar-refractivity contribution in [3.8, 4) is 17.7 Å². The van der Waals surface area contributed by atoms with Crippen LogP contribution in [0.15, 0.2) is 48.5 Å². The number of benzene rings is 2. The zero-order valence-electron chi connectivity index (χ0n) is 19.5. The van der Waals surface area contributed by atoms with E-state index >= 15 is 0 Å². The standard InChI is InChI=1S/C26H19ClFN5O3S/c1-14(34)30-25-32-19-8-9-21(33-24(19)37-25)36-15-6-7-18(28)20(12-15)31-23(35)16-4-2-5-17(22(16)27)26(13-29)10-3-11-26/h2,4-9,12H,3,10-11H2,1H3,(H,31,35)(H,30,32,34). The summed E-state index contributed by atoms with van der Waals surface area (Å²) in [5.74, 6) is -1.03. The molecule has 1 saturated carbocycles. The van der Waals surface area contributed by atoms with Crippen LogP contribution in [0.4, 0.5) is 15.2 Å². The van der Waals surface area contributed by atoms with Crippen molar-refractivity contribution >= 4 is 55.9 Å². The van der Waals surface area contributed by atoms with Gasteiger partial charge in [-0.2, -0.15) is 5.26 Å². The van der Waals surface area contributed by atoms with Gasteiger partial charge in [0.2, 0.25) is 11.8 Å². The number of pyridine rings is 1. The van der Waals surface area contributed by atoms with Gasteiger partial charge in [-0.3, -0.25) is 9.59 Å². The predicted molar refractivity (Wildman–Crippen MR) is 139 cm³/mol. The summed E-state index contributed by atoms with van der Waals surface area (Å²) in [5, 5.41) is 15.4. The zero-order valence-corrected chi connectivity index (χ0v) is 21.0. The Labute approximate surface area is 220 Å². The van der Waals surface area contributed by atoms with Gasteiger partial charge in [0.25, 0.3) is 5.91 Å². The fourth-order valence-electron chi connectivity index (χ4n) is 4.08. The van der Waals surface area contributed by atoms with Gasteiger partial charge < -0.3 is 15.4 Å². The monoisotopic (exact) mass is 535 g/mol. The predicted octanol–water partition coefficient (Wildman–Crippen LogP) is 6.43. The van der Waals surface area contributed by atoms with Gasteiger partial charge in [0.05, 0.1) is 27.8 Å². The summed E-state index contributed by atoms with van der Waals surface area (Å²) in [7, 11) is 0. The number of hydrogen-bond acceptors (Lipinski definition) is 7. The van der Waals surface area contributed by atoms with Gasteiger partial charge in [-0.05, 0) is 49.1 Å². The van der Waals surface area contributed by atoms with Crippen molar-refractivity contribution in [1.82, 2.24) is 9.97 Å². The van der Waals surface area contributed by atoms with Crippen LogP contribution in [0.5, 0.6) is 11.6 Å². The summed E-state index contributed by atoms with van der Waals surface area (Å²) in [6.07, 6.45) is 2.27. The van der Waals surface area contributed by atoms with E-state index in [0.717, 1.165) is 6.42 Å². The molecular weight excluding hydrogens is 517 g/mol. The summed E-state index contributed by atoms with van der Waals surface area (Å²) in [6.45, 7) is 1.39. The van der Waals surface area contributed by atoms with Gasteiger partial charge in [0.1, 0.15) is 21.9 Å². The first-order chi connectivity index (χ1) is 17.8. The number of nitrogens with one attached hydrogen (secondary N) is 2. The van der Waals surface area contributed by atoms with Gasteiger partial charge in [0.15, 0.2) is 5.13 Å². The Morgan fingerprint density at radius 3 is 2.68 bits per heavy atom. The molecule has 2 aromatic carbocycles. The Bertz CT molecular complexity index is 1600. The average molecular weight is 536 g/mol. The molecule has 8 nitrogen and oxygen atoms in total. The van der Waals surface area contributed by atoms with Gasteiger partial charge in [-0.1, -0.05) is 35.1 Å². The zero-order chi connectivity index (χ0) is 26.2. The molecule has 0 unspecified atom stereocenters. The number of aromatic nitrogens is 2. The van der Waals surface area contributed by atoms with Crippen molar-refractivity contribution in [2.75, 3.05) is 10.6 Å². The number of thiazole rings is 1. The molecule has 5 rings (SSSR count). The summed E-state index contributed by atoms with van der Waals surface area (Å²) < 4.78 is 20.4. The summed E-state index contributed by atoms with van der Waals surface area (Å²) in [5.41, 5.74) is 0.557. The van der Waals surface area contributed by atoms with Crippen LogP contribution < -0.4 is 15.4 Å². The molecule has 1 aliphatic carbocycles. The lowest BCUT2D eigenvalue weighted by Crippen LogP contribution is -2.33. The molecule has 2 heterocycles. The topological polar surface area (TPSA) is 117 Å². The SMILES string of the molecule is CC(=O)Nc1nc2ccc(Oc3ccc(F)c(NC(=O)c4cccc(C5(C#N)CCC5)c4Cl)c3)nc2s1. The third-order valence-corrected chi connectivity index (χ3v) is 7.39. The Morgan fingerprint density at radius 2 is 1.97 bits per heavy atom. The van der Waals surface area contributed by atoms with Crippen LogP contribution in [0.3, 0.4) is 0 Å². The second-order valence-electron chi connectivity index (χ2n) is 8.59. The molecule has 1 fully saturated rings. The van der Waals surface area contributed by atoms with Crippen molar-refractivity contribution in [2.45, 2.75) is 31.6 Å². The number of carbonyl (C=O) groups is 2. The smallest absolute Gasteiger partial charge is 0.257 e. The van der Waals surface area contributed by atoms with Crippen molar-refractivity contribution in [1.29, 1.82) is 5.26 Å². The van der Waals surface area contributed by atoms with Crippen molar-refractivity contribution in [3.05, 3.63) is 70.5 Å². The van der Waals surface area contributed by atoms with E-state index < -0.39 is 17.1 Å². The number of nitriles is 1. The van der Waals surface area contributed by atoms with Crippen LogP contribution in [-0.2, 0) is 10.2 Å². The summed E-state index contributed by atoms with van der Waals surface area (Å²) >= 11 is 7.72. The number of halogens is 2. The molecule has 0 radical (unpaired) electrons. The van der Waals surface area contributed by atoms with E-state index in [1.54, 1.807) is 24.3 Å². The lowest BCUT2D eigenvalue weighted by atomic mass is 9.65. The minimum atomic E-state index is -0.693. The van der Waals surface area contributed by atoms with Crippen molar-refractivity contribution < 1.29 is 18.7 Å². The highest BCUT2D eigenvalue weighted by molar-refractivity contribution is 7.21. The fourth-order valence-corrected chi connectivity index (χ4v) is 5.35. The number of rotatable bonds is 6. The van der Waals surface area contributed by atoms with E-state index in [4.69, 9.17) is 16.3 Å². The van der Waals surface area contributed by atoms with Crippen LogP contribution in [0.25, 0.3) is 10.3 Å². The second kappa shape index (κ2) is 9.76. The number of nitrogens with zero attached hydrogens (tertiary/aromatic N) is 3. The molecule has 0 aliphatic heterocycles. The third kappa shape index (κ3) is 4.83. The maximum Gasteiger partial charge on any atom is 0.257 e. The number of fused-ring (bicyclic) bond motifs is 1. The van der Waals surface area contributed by atoms with E-state index in [2.05, 4.69) is 26.7 Å². The average Bonchev–Trinajstić information content (AvgIpc) is 3.22. The largest absolute Gasteiger partial charge is 0.439 e. The Balaban J connectivity index is 1.36. The van der Waals surface area contributed by atoms with Gasteiger partial charge in [-0.25, -0.2) is 14.4 Å². The number of amides is 2. The van der Waals surface area contributed by atoms with Gasteiger partial charge >= 0.3 is 0 Å². The summed E-state index contributed by atoms with van der Waals surface area (Å²) in [6, 6.07) is 14.5. The highest BCUT2D eigenvalue weighted by Crippen LogP contribution is 2.46. The van der Waals surface area contributed by atoms with Gasteiger partial charge in [-0.15, -0.1) is 0 Å². The first-order valence-electron chi connectivity index (χ1n) is 11.3. The number of anilines is 2. The van der Waals surface area contributed by atoms with Crippen molar-refractivity contribution in [3.63, 3.8) is 0 Å². The van der Waals surface area contributed by atoms with E-state index in [0.29, 0.717) is 33.9 Å². The second-order valence-corrected chi connectivity index (χ2v) is 9.94. The number of hydrogen-bond donors (Lipinski definition) is 2. The van der Waals surface area contributed by atoms with E-state index in [1.165, 1.54) is 42.5 Å². The Morgan fingerprint density at radius 1 is 1.16 bits per heavy atom. The van der Waals surface area contributed by atoms with E-state index in [1.807, 2.05) is 0 Å². The molecule has 2 N–H and O–H groups in total. The minimum absolute atomic E-state index is 0.102. The molecule has 2 aromatic heterocycles. The van der Waals surface area contributed by atoms with Crippen LogP contribution in [-0.4, -0.2) is 21.8 Å². The third-order valence-electron chi connectivity index (χ3n) is 6.10. The van der Waals surface area contributed by atoms with Gasteiger partial charge in [0, 0.05) is 19.1 Å². The van der Waals surface area contributed by atoms with Crippen LogP contribution >= 0.6 is 22.9 Å². The lowest BCUT2D eigenvalue weighted by Gasteiger charge is -2.36. The van der Waals surface area contributed by atoms with Crippen LogP contribution in [0, 0.1) is 17.1 Å². The Kier molecular flexibility index (Phi) is 6.50. The molecule has 0 saturated heterocycles. The minimum Gasteiger partial charge on any atom is -0.439 e. The number of ether oxygens (including phenoxy) is 1. The van der Waals surface area contributed by atoms with E-state index in [9.17, 15) is 19.2 Å². The molecular formula is C26H19ClFN5O3S. The highest BCUT2D eigenvalue weighted by Gasteiger charge is 2.41. The normalized spacial score (nSPS) is 13.9. The van der Waals surface area contributed by atoms with Crippen molar-refractivity contribution in [2.24, 2.45) is 0 Å². The summed E-state index contributed by atoms with van der Waals surface area (Å²) in [4.78, 5) is 33.5. The molecule has 11 heteroatoms. The molecule has 0 atom stereocenters. The molecule has 4 aromatic rings. The highest BCUT2D eigenvalue weighted by atomic mass is 35.5. The molecule has 186 valence electrons. The molecule has 37 heavy (non-hydrogen) atoms. The maximum atomic E-state index is 14.6. The quantitative estimate of drug-likeness (QED) is 0.294. The lowest BCUT2D eigenvalue weighted by molar-refractivity contribution is -0.114. The maximum absolute atomic E-state index is 14.6. The van der Waals surface area contributed by atoms with E-state index in [-0.39, 0.29) is 33.8 Å².